The Morgan fingerprint density at radius 1 is 1.25 bits per heavy atom. The first-order valence-electron chi connectivity index (χ1n) is 6.61. The zero-order valence-electron chi connectivity index (χ0n) is 11.6. The van der Waals surface area contributed by atoms with Crippen LogP contribution in [0.5, 0.6) is 0 Å². The third kappa shape index (κ3) is 6.66. The predicted molar refractivity (Wildman–Crippen MR) is 77.5 cm³/mol. The van der Waals surface area contributed by atoms with Crippen molar-refractivity contribution < 1.29 is 13.2 Å². The summed E-state index contributed by atoms with van der Waals surface area (Å²) in [6, 6.07) is 8.54. The molecule has 0 aliphatic heterocycles. The summed E-state index contributed by atoms with van der Waals surface area (Å²) < 4.78 is 31.5. The molecule has 0 aromatic heterocycles. The Morgan fingerprint density at radius 3 is 2.55 bits per heavy atom. The summed E-state index contributed by atoms with van der Waals surface area (Å²) in [4.78, 5) is 0. The molecule has 0 atom stereocenters. The third-order valence-corrected chi connectivity index (χ3v) is 3.93. The number of ether oxygens (including phenoxy) is 1. The summed E-state index contributed by atoms with van der Waals surface area (Å²) in [5.74, 6) is -0.0749. The second kappa shape index (κ2) is 8.69. The molecule has 0 bridgehead atoms. The molecule has 1 rings (SSSR count). The van der Waals surface area contributed by atoms with E-state index in [0.717, 1.165) is 6.42 Å². The second-order valence-electron chi connectivity index (χ2n) is 4.43. The molecule has 0 radical (unpaired) electrons. The van der Waals surface area contributed by atoms with Crippen molar-refractivity contribution >= 4 is 10.0 Å². The Hall–Kier alpha value is -1.42. The highest BCUT2D eigenvalue weighted by Gasteiger charge is 2.10. The Morgan fingerprint density at radius 2 is 1.95 bits per heavy atom. The van der Waals surface area contributed by atoms with Gasteiger partial charge in [0, 0.05) is 19.8 Å². The fourth-order valence-corrected chi connectivity index (χ4v) is 2.78. The van der Waals surface area contributed by atoms with Crippen LogP contribution in [-0.4, -0.2) is 28.2 Å². The van der Waals surface area contributed by atoms with Gasteiger partial charge in [0.25, 0.3) is 0 Å². The summed E-state index contributed by atoms with van der Waals surface area (Å²) in [6.45, 7) is 3.67. The van der Waals surface area contributed by atoms with Crippen LogP contribution < -0.4 is 4.72 Å². The minimum atomic E-state index is -3.34. The molecule has 0 unspecified atom stereocenters. The lowest BCUT2D eigenvalue weighted by molar-refractivity contribution is 0.133. The Bertz CT molecular complexity index is 533. The quantitative estimate of drug-likeness (QED) is 0.705. The molecule has 110 valence electrons. The minimum absolute atomic E-state index is 0.0749. The van der Waals surface area contributed by atoms with Crippen LogP contribution in [0.4, 0.5) is 0 Å². The molecule has 6 heteroatoms. The smallest absolute Gasteiger partial charge is 0.215 e. The molecule has 0 amide bonds. The fourth-order valence-electron chi connectivity index (χ4n) is 1.59. The van der Waals surface area contributed by atoms with Crippen LogP contribution >= 0.6 is 0 Å². The lowest BCUT2D eigenvalue weighted by atomic mass is 10.2. The number of nitrogens with one attached hydrogen (secondary N) is 1. The van der Waals surface area contributed by atoms with E-state index in [2.05, 4.69) is 4.72 Å². The molecule has 5 nitrogen and oxygen atoms in total. The number of hydrogen-bond acceptors (Lipinski definition) is 4. The third-order valence-electron chi connectivity index (χ3n) is 2.58. The van der Waals surface area contributed by atoms with Crippen molar-refractivity contribution in [3.05, 3.63) is 35.4 Å². The van der Waals surface area contributed by atoms with Gasteiger partial charge < -0.3 is 4.74 Å². The van der Waals surface area contributed by atoms with Gasteiger partial charge in [-0.05, 0) is 30.5 Å². The molecule has 1 aromatic rings. The monoisotopic (exact) mass is 296 g/mol. The molecule has 0 spiro atoms. The van der Waals surface area contributed by atoms with E-state index in [9.17, 15) is 8.42 Å². The maximum absolute atomic E-state index is 11.8. The van der Waals surface area contributed by atoms with Gasteiger partial charge >= 0.3 is 0 Å². The topological polar surface area (TPSA) is 79.2 Å². The van der Waals surface area contributed by atoms with Gasteiger partial charge in [-0.1, -0.05) is 19.1 Å². The molecule has 0 saturated carbocycles. The van der Waals surface area contributed by atoms with E-state index >= 15 is 0 Å². The van der Waals surface area contributed by atoms with Gasteiger partial charge in [-0.2, -0.15) is 5.26 Å². The molecular formula is C14H20N2O3S. The Kier molecular flexibility index (Phi) is 7.23. The number of benzene rings is 1. The molecule has 0 aliphatic carbocycles. The molecule has 20 heavy (non-hydrogen) atoms. The molecule has 1 N–H and O–H groups in total. The maximum atomic E-state index is 11.8. The zero-order valence-corrected chi connectivity index (χ0v) is 12.4. The first kappa shape index (κ1) is 16.6. The van der Waals surface area contributed by atoms with Gasteiger partial charge in [0.2, 0.25) is 10.0 Å². The van der Waals surface area contributed by atoms with Crippen LogP contribution in [0.2, 0.25) is 0 Å². The van der Waals surface area contributed by atoms with Crippen LogP contribution in [0.3, 0.4) is 0 Å². The Balaban J connectivity index is 2.35. The predicted octanol–water partition coefficient (Wildman–Crippen LogP) is 1.79. The summed E-state index contributed by atoms with van der Waals surface area (Å²) in [5.41, 5.74) is 1.19. The normalized spacial score (nSPS) is 11.2. The van der Waals surface area contributed by atoms with Crippen LogP contribution in [0.1, 0.15) is 30.9 Å². The van der Waals surface area contributed by atoms with Crippen molar-refractivity contribution in [1.29, 1.82) is 5.26 Å². The molecule has 0 aliphatic rings. The SMILES string of the molecule is CCCOCCCNS(=O)(=O)Cc1ccc(C#N)cc1. The number of sulfonamides is 1. The van der Waals surface area contributed by atoms with Gasteiger partial charge in [-0.15, -0.1) is 0 Å². The van der Waals surface area contributed by atoms with Gasteiger partial charge in [0.05, 0.1) is 17.4 Å². The number of nitriles is 1. The molecule has 1 aromatic carbocycles. The summed E-state index contributed by atoms with van der Waals surface area (Å²) in [5, 5.41) is 8.67. The van der Waals surface area contributed by atoms with E-state index in [0.29, 0.717) is 37.3 Å². The van der Waals surface area contributed by atoms with E-state index in [4.69, 9.17) is 10.00 Å². The van der Waals surface area contributed by atoms with E-state index in [1.54, 1.807) is 24.3 Å². The van der Waals surface area contributed by atoms with Crippen LogP contribution in [0.25, 0.3) is 0 Å². The maximum Gasteiger partial charge on any atom is 0.215 e. The average Bonchev–Trinajstić information content (AvgIpc) is 2.43. The standard InChI is InChI=1S/C14H20N2O3S/c1-2-9-19-10-3-8-16-20(17,18)12-14-6-4-13(11-15)5-7-14/h4-7,16H,2-3,8-10,12H2,1H3. The Labute approximate surface area is 120 Å². The van der Waals surface area contributed by atoms with Crippen molar-refractivity contribution in [2.24, 2.45) is 0 Å². The van der Waals surface area contributed by atoms with E-state index in [-0.39, 0.29) is 5.75 Å². The van der Waals surface area contributed by atoms with Crippen LogP contribution in [-0.2, 0) is 20.5 Å². The first-order chi connectivity index (χ1) is 9.57. The average molecular weight is 296 g/mol. The molecule has 0 saturated heterocycles. The summed E-state index contributed by atoms with van der Waals surface area (Å²) in [7, 11) is -3.34. The van der Waals surface area contributed by atoms with Crippen molar-refractivity contribution in [2.45, 2.75) is 25.5 Å². The molecule has 0 heterocycles. The van der Waals surface area contributed by atoms with E-state index < -0.39 is 10.0 Å². The lowest BCUT2D eigenvalue weighted by Crippen LogP contribution is -2.26. The van der Waals surface area contributed by atoms with Crippen molar-refractivity contribution in [3.63, 3.8) is 0 Å². The molecular weight excluding hydrogens is 276 g/mol. The van der Waals surface area contributed by atoms with E-state index in [1.807, 2.05) is 13.0 Å². The molecule has 0 fully saturated rings. The van der Waals surface area contributed by atoms with E-state index in [1.165, 1.54) is 0 Å². The summed E-state index contributed by atoms with van der Waals surface area (Å²) in [6.07, 6.45) is 1.62. The fraction of sp³-hybridized carbons (Fsp3) is 0.500. The van der Waals surface area contributed by atoms with Gasteiger partial charge in [-0.25, -0.2) is 13.1 Å². The highest BCUT2D eigenvalue weighted by atomic mass is 32.2. The van der Waals surface area contributed by atoms with Gasteiger partial charge in [-0.3, -0.25) is 0 Å². The largest absolute Gasteiger partial charge is 0.381 e. The highest BCUT2D eigenvalue weighted by Crippen LogP contribution is 2.07. The first-order valence-corrected chi connectivity index (χ1v) is 8.26. The van der Waals surface area contributed by atoms with Crippen LogP contribution in [0.15, 0.2) is 24.3 Å². The second-order valence-corrected chi connectivity index (χ2v) is 6.23. The van der Waals surface area contributed by atoms with Crippen molar-refractivity contribution in [1.82, 2.24) is 4.72 Å². The number of rotatable bonds is 9. The summed E-state index contributed by atoms with van der Waals surface area (Å²) >= 11 is 0. The lowest BCUT2D eigenvalue weighted by Gasteiger charge is -2.07. The van der Waals surface area contributed by atoms with Crippen molar-refractivity contribution in [3.8, 4) is 6.07 Å². The number of hydrogen-bond donors (Lipinski definition) is 1. The van der Waals surface area contributed by atoms with Crippen molar-refractivity contribution in [2.75, 3.05) is 19.8 Å². The van der Waals surface area contributed by atoms with Crippen LogP contribution in [0, 0.1) is 11.3 Å². The number of nitrogens with zero attached hydrogens (tertiary/aromatic N) is 1. The minimum Gasteiger partial charge on any atom is -0.381 e. The van der Waals surface area contributed by atoms with Gasteiger partial charge in [0.1, 0.15) is 0 Å². The highest BCUT2D eigenvalue weighted by molar-refractivity contribution is 7.88. The van der Waals surface area contributed by atoms with Gasteiger partial charge in [0.15, 0.2) is 0 Å². The zero-order chi connectivity index (χ0) is 14.8.